The lowest BCUT2D eigenvalue weighted by Gasteiger charge is -2.22. The summed E-state index contributed by atoms with van der Waals surface area (Å²) in [5.74, 6) is -0.338. The number of hydrogen-bond acceptors (Lipinski definition) is 3. The van der Waals surface area contributed by atoms with Gasteiger partial charge in [-0.3, -0.25) is 0 Å². The fourth-order valence-electron chi connectivity index (χ4n) is 2.01. The fourth-order valence-corrected chi connectivity index (χ4v) is 2.01. The summed E-state index contributed by atoms with van der Waals surface area (Å²) in [5.41, 5.74) is 0.829. The van der Waals surface area contributed by atoms with Crippen LogP contribution in [0.1, 0.15) is 51.9 Å². The van der Waals surface area contributed by atoms with Gasteiger partial charge in [-0.25, -0.2) is 9.78 Å². The van der Waals surface area contributed by atoms with E-state index in [2.05, 4.69) is 30.3 Å². The van der Waals surface area contributed by atoms with Crippen LogP contribution in [0.3, 0.4) is 0 Å². The zero-order valence-electron chi connectivity index (χ0n) is 13.0. The minimum atomic E-state index is -0.497. The van der Waals surface area contributed by atoms with Crippen LogP contribution in [0.2, 0.25) is 0 Å². The van der Waals surface area contributed by atoms with E-state index in [0.29, 0.717) is 5.56 Å². The van der Waals surface area contributed by atoms with Gasteiger partial charge in [0.2, 0.25) is 0 Å². The van der Waals surface area contributed by atoms with Crippen LogP contribution in [0, 0.1) is 0 Å². The van der Waals surface area contributed by atoms with E-state index in [-0.39, 0.29) is 11.5 Å². The average molecular weight is 274 g/mol. The van der Waals surface area contributed by atoms with Crippen molar-refractivity contribution in [1.29, 1.82) is 0 Å². The lowest BCUT2D eigenvalue weighted by atomic mass is 10.1. The molecule has 108 valence electrons. The standard InChI is InChI=1S/C16H22N2O2/c1-15(2,3)18-8-7-11-9-12(10-17-13(11)18)14(19)20-16(4,5)6/h7-10H,1-6H3. The summed E-state index contributed by atoms with van der Waals surface area (Å²) < 4.78 is 7.46. The van der Waals surface area contributed by atoms with Crippen LogP contribution in [0.15, 0.2) is 24.5 Å². The Hall–Kier alpha value is -1.84. The molecule has 2 heterocycles. The molecule has 0 fully saturated rings. The van der Waals surface area contributed by atoms with Crippen LogP contribution < -0.4 is 0 Å². The molecule has 0 atom stereocenters. The number of rotatable bonds is 1. The predicted molar refractivity (Wildman–Crippen MR) is 79.9 cm³/mol. The van der Waals surface area contributed by atoms with Gasteiger partial charge in [-0.2, -0.15) is 0 Å². The van der Waals surface area contributed by atoms with Crippen molar-refractivity contribution in [2.75, 3.05) is 0 Å². The summed E-state index contributed by atoms with van der Waals surface area (Å²) in [6.45, 7) is 11.9. The van der Waals surface area contributed by atoms with Crippen LogP contribution in [-0.4, -0.2) is 21.1 Å². The molecule has 0 radical (unpaired) electrons. The van der Waals surface area contributed by atoms with Gasteiger partial charge in [0.05, 0.1) is 5.56 Å². The van der Waals surface area contributed by atoms with Crippen molar-refractivity contribution in [3.8, 4) is 0 Å². The normalized spacial score (nSPS) is 12.7. The van der Waals surface area contributed by atoms with E-state index in [1.807, 2.05) is 39.1 Å². The molecule has 2 aromatic rings. The molecule has 0 bridgehead atoms. The molecule has 2 rings (SSSR count). The molecule has 0 spiro atoms. The number of aromatic nitrogens is 2. The maximum atomic E-state index is 12.0. The second-order valence-corrected chi connectivity index (χ2v) is 7.00. The Labute approximate surface area is 119 Å². The molecule has 0 aliphatic rings. The van der Waals surface area contributed by atoms with Gasteiger partial charge in [-0.15, -0.1) is 0 Å². The highest BCUT2D eigenvalue weighted by Crippen LogP contribution is 2.23. The molecule has 0 aromatic carbocycles. The Kier molecular flexibility index (Phi) is 3.36. The zero-order valence-corrected chi connectivity index (χ0v) is 13.0. The van der Waals surface area contributed by atoms with Gasteiger partial charge in [0.25, 0.3) is 0 Å². The third-order valence-electron chi connectivity index (χ3n) is 2.88. The van der Waals surface area contributed by atoms with Crippen LogP contribution in [0.4, 0.5) is 0 Å². The van der Waals surface area contributed by atoms with Gasteiger partial charge in [0.15, 0.2) is 0 Å². The van der Waals surface area contributed by atoms with Crippen molar-refractivity contribution < 1.29 is 9.53 Å². The molecule has 0 N–H and O–H groups in total. The third-order valence-corrected chi connectivity index (χ3v) is 2.88. The second-order valence-electron chi connectivity index (χ2n) is 7.00. The van der Waals surface area contributed by atoms with E-state index in [0.717, 1.165) is 11.0 Å². The molecule has 4 heteroatoms. The first-order valence-electron chi connectivity index (χ1n) is 6.79. The maximum absolute atomic E-state index is 12.0. The highest BCUT2D eigenvalue weighted by molar-refractivity contribution is 5.93. The van der Waals surface area contributed by atoms with E-state index in [9.17, 15) is 4.79 Å². The van der Waals surface area contributed by atoms with Gasteiger partial charge < -0.3 is 9.30 Å². The molecule has 20 heavy (non-hydrogen) atoms. The molecule has 0 unspecified atom stereocenters. The molecular weight excluding hydrogens is 252 g/mol. The van der Waals surface area contributed by atoms with Crippen molar-refractivity contribution in [1.82, 2.24) is 9.55 Å². The molecule has 0 amide bonds. The highest BCUT2D eigenvalue weighted by Gasteiger charge is 2.20. The van der Waals surface area contributed by atoms with E-state index < -0.39 is 5.60 Å². The first-order valence-corrected chi connectivity index (χ1v) is 6.79. The Morgan fingerprint density at radius 2 is 1.85 bits per heavy atom. The number of carbonyl (C=O) groups excluding carboxylic acids is 1. The number of hydrogen-bond donors (Lipinski definition) is 0. The Morgan fingerprint density at radius 3 is 2.40 bits per heavy atom. The first-order chi connectivity index (χ1) is 9.08. The number of esters is 1. The monoisotopic (exact) mass is 274 g/mol. The average Bonchev–Trinajstić information content (AvgIpc) is 2.68. The van der Waals surface area contributed by atoms with Gasteiger partial charge in [-0.05, 0) is 53.7 Å². The van der Waals surface area contributed by atoms with Crippen molar-refractivity contribution >= 4 is 17.0 Å². The van der Waals surface area contributed by atoms with Crippen LogP contribution >= 0.6 is 0 Å². The topological polar surface area (TPSA) is 44.1 Å². The van der Waals surface area contributed by atoms with E-state index >= 15 is 0 Å². The number of ether oxygens (including phenoxy) is 1. The smallest absolute Gasteiger partial charge is 0.340 e. The van der Waals surface area contributed by atoms with Crippen molar-refractivity contribution in [3.05, 3.63) is 30.1 Å². The van der Waals surface area contributed by atoms with Gasteiger partial charge in [0.1, 0.15) is 11.2 Å². The minimum Gasteiger partial charge on any atom is -0.456 e. The van der Waals surface area contributed by atoms with Crippen molar-refractivity contribution in [3.63, 3.8) is 0 Å². The summed E-state index contributed by atoms with van der Waals surface area (Å²) in [5, 5.41) is 0.947. The lowest BCUT2D eigenvalue weighted by Crippen LogP contribution is -2.24. The van der Waals surface area contributed by atoms with Crippen LogP contribution in [0.5, 0.6) is 0 Å². The molecule has 0 saturated heterocycles. The molecule has 2 aromatic heterocycles. The number of carbonyl (C=O) groups is 1. The Balaban J connectivity index is 2.39. The van der Waals surface area contributed by atoms with Crippen molar-refractivity contribution in [2.24, 2.45) is 0 Å². The van der Waals surface area contributed by atoms with E-state index in [1.165, 1.54) is 0 Å². The van der Waals surface area contributed by atoms with Crippen molar-refractivity contribution in [2.45, 2.75) is 52.7 Å². The summed E-state index contributed by atoms with van der Waals surface area (Å²) >= 11 is 0. The largest absolute Gasteiger partial charge is 0.456 e. The molecule has 0 aliphatic heterocycles. The summed E-state index contributed by atoms with van der Waals surface area (Å²) in [4.78, 5) is 16.5. The first kappa shape index (κ1) is 14.6. The second kappa shape index (κ2) is 4.62. The quantitative estimate of drug-likeness (QED) is 0.744. The molecule has 0 saturated carbocycles. The number of fused-ring (bicyclic) bond motifs is 1. The summed E-state index contributed by atoms with van der Waals surface area (Å²) in [6, 6.07) is 3.81. The lowest BCUT2D eigenvalue weighted by molar-refractivity contribution is 0.00693. The molecule has 4 nitrogen and oxygen atoms in total. The maximum Gasteiger partial charge on any atom is 0.340 e. The Morgan fingerprint density at radius 1 is 1.20 bits per heavy atom. The molecular formula is C16H22N2O2. The van der Waals surface area contributed by atoms with Crippen LogP contribution in [-0.2, 0) is 10.3 Å². The SMILES string of the molecule is CC(C)(C)OC(=O)c1cnc2c(ccn2C(C)(C)C)c1. The zero-order chi connectivity index (χ0) is 15.1. The van der Waals surface area contributed by atoms with E-state index in [1.54, 1.807) is 6.20 Å². The number of nitrogens with zero attached hydrogens (tertiary/aromatic N) is 2. The fraction of sp³-hybridized carbons (Fsp3) is 0.500. The van der Waals surface area contributed by atoms with Gasteiger partial charge in [-0.1, -0.05) is 0 Å². The number of pyridine rings is 1. The predicted octanol–water partition coefficient (Wildman–Crippen LogP) is 3.75. The highest BCUT2D eigenvalue weighted by atomic mass is 16.6. The Bertz CT molecular complexity index is 643. The van der Waals surface area contributed by atoms with E-state index in [4.69, 9.17) is 4.74 Å². The van der Waals surface area contributed by atoms with Gasteiger partial charge in [0, 0.05) is 23.3 Å². The molecule has 0 aliphatic carbocycles. The summed E-state index contributed by atoms with van der Waals surface area (Å²) in [6.07, 6.45) is 3.58. The minimum absolute atomic E-state index is 0.0395. The van der Waals surface area contributed by atoms with Gasteiger partial charge >= 0.3 is 5.97 Å². The summed E-state index contributed by atoms with van der Waals surface area (Å²) in [7, 11) is 0. The third kappa shape index (κ3) is 3.00. The van der Waals surface area contributed by atoms with Crippen LogP contribution in [0.25, 0.3) is 11.0 Å².